The molecule has 3 saturated carbocycles. The predicted molar refractivity (Wildman–Crippen MR) is 189 cm³/mol. The first kappa shape index (κ1) is 36.1. The molecule has 6 rings (SSSR count). The fourth-order valence-corrected chi connectivity index (χ4v) is 10.6. The Bertz CT molecular complexity index is 1560. The van der Waals surface area contributed by atoms with E-state index in [1.54, 1.807) is 12.2 Å². The fraction of sp³-hybridized carbons (Fsp3) is 0.658. The van der Waals surface area contributed by atoms with Gasteiger partial charge in [0.05, 0.1) is 23.4 Å². The molecule has 0 amide bonds. The molecule has 9 heteroatoms. The van der Waals surface area contributed by atoms with Gasteiger partial charge in [-0.2, -0.15) is 0 Å². The van der Waals surface area contributed by atoms with E-state index in [-0.39, 0.29) is 47.0 Å². The summed E-state index contributed by atoms with van der Waals surface area (Å²) in [7, 11) is 0. The summed E-state index contributed by atoms with van der Waals surface area (Å²) in [6.07, 6.45) is 7.26. The van der Waals surface area contributed by atoms with Gasteiger partial charge in [-0.3, -0.25) is 14.6 Å². The Morgan fingerprint density at radius 1 is 1.19 bits per heavy atom. The molecule has 1 aromatic rings. The van der Waals surface area contributed by atoms with Gasteiger partial charge in [-0.05, 0) is 97.1 Å². The van der Waals surface area contributed by atoms with Crippen LogP contribution in [0.2, 0.25) is 0 Å². The van der Waals surface area contributed by atoms with Crippen LogP contribution in [0.3, 0.4) is 0 Å². The van der Waals surface area contributed by atoms with E-state index in [4.69, 9.17) is 23.2 Å². The molecule has 1 heterocycles. The van der Waals surface area contributed by atoms with E-state index < -0.39 is 27.4 Å². The molecule has 0 aromatic heterocycles. The molecule has 1 aliphatic heterocycles. The zero-order valence-electron chi connectivity index (χ0n) is 29.1. The highest BCUT2D eigenvalue weighted by Gasteiger charge is 2.74. The number of nitrogens with zero attached hydrogens (tertiary/aromatic N) is 1. The maximum atomic E-state index is 12.7. The standard InChI is InChI=1S/C22H28Cl2O4.C16H24N2O/c1-12-8-16-15-5-4-13-9-14(25)6-7-19(13,2)21(15,24)17(26)10-20(16,3)22(12,28)18(27)11-23;1-10-8-13(16(3,4)5)15(19)11(2)12(10)9-14-17-6-7-18-14/h6-7,9,12,15-17,26,28H,4-5,8,10-11H2,1-3H3;8,19H,6-7,9H2,1-5H3,(H,17,18)/t12-,15+,16+,17+,19+,20+,21+,22+;/m1./s1. The Morgan fingerprint density at radius 2 is 1.87 bits per heavy atom. The lowest BCUT2D eigenvalue weighted by Crippen LogP contribution is -2.68. The van der Waals surface area contributed by atoms with Gasteiger partial charge in [0.2, 0.25) is 0 Å². The monoisotopic (exact) mass is 686 g/mol. The number of allylic oxidation sites excluding steroid dienone is 4. The molecule has 258 valence electrons. The highest BCUT2D eigenvalue weighted by Crippen LogP contribution is 2.71. The zero-order valence-corrected chi connectivity index (χ0v) is 30.6. The quantitative estimate of drug-likeness (QED) is 0.278. The maximum Gasteiger partial charge on any atom is 0.179 e. The molecule has 4 N–H and O–H groups in total. The summed E-state index contributed by atoms with van der Waals surface area (Å²) < 4.78 is 0. The van der Waals surface area contributed by atoms with Crippen LogP contribution < -0.4 is 5.32 Å². The molecule has 1 aromatic carbocycles. The van der Waals surface area contributed by atoms with Gasteiger partial charge in [0.1, 0.15) is 17.2 Å². The van der Waals surface area contributed by atoms with E-state index in [0.29, 0.717) is 12.2 Å². The number of hydrogen-bond acceptors (Lipinski definition) is 7. The predicted octanol–water partition coefficient (Wildman–Crippen LogP) is 6.26. The number of aromatic hydroxyl groups is 1. The van der Waals surface area contributed by atoms with Crippen LogP contribution in [0.4, 0.5) is 0 Å². The van der Waals surface area contributed by atoms with E-state index in [1.807, 2.05) is 33.8 Å². The van der Waals surface area contributed by atoms with Crippen molar-refractivity contribution < 1.29 is 24.9 Å². The second-order valence-electron chi connectivity index (χ2n) is 16.1. The molecule has 0 saturated heterocycles. The number of halogens is 2. The number of alkyl halides is 2. The first-order valence-corrected chi connectivity index (χ1v) is 17.9. The van der Waals surface area contributed by atoms with Crippen LogP contribution >= 0.6 is 23.2 Å². The number of amidine groups is 1. The van der Waals surface area contributed by atoms with Crippen LogP contribution in [-0.2, 0) is 21.4 Å². The third kappa shape index (κ3) is 5.43. The van der Waals surface area contributed by atoms with Crippen LogP contribution in [0.25, 0.3) is 0 Å². The number of fused-ring (bicyclic) bond motifs is 5. The van der Waals surface area contributed by atoms with Crippen molar-refractivity contribution in [3.63, 3.8) is 0 Å². The second kappa shape index (κ2) is 12.3. The second-order valence-corrected chi connectivity index (χ2v) is 17.0. The lowest BCUT2D eigenvalue weighted by Gasteiger charge is -2.63. The van der Waals surface area contributed by atoms with Crippen molar-refractivity contribution in [1.29, 1.82) is 0 Å². The summed E-state index contributed by atoms with van der Waals surface area (Å²) in [6.45, 7) is 18.1. The van der Waals surface area contributed by atoms with Crippen LogP contribution in [0.5, 0.6) is 5.75 Å². The van der Waals surface area contributed by atoms with Gasteiger partial charge in [0.25, 0.3) is 0 Å². The summed E-state index contributed by atoms with van der Waals surface area (Å²) >= 11 is 13.2. The largest absolute Gasteiger partial charge is 0.507 e. The molecule has 4 aliphatic carbocycles. The molecule has 5 aliphatic rings. The van der Waals surface area contributed by atoms with Crippen LogP contribution in [0.15, 0.2) is 34.9 Å². The summed E-state index contributed by atoms with van der Waals surface area (Å²) in [5.41, 5.74) is 2.38. The topological polar surface area (TPSA) is 119 Å². The molecule has 0 bridgehead atoms. The van der Waals surface area contributed by atoms with Gasteiger partial charge in [-0.25, -0.2) is 0 Å². The minimum Gasteiger partial charge on any atom is -0.507 e. The molecule has 47 heavy (non-hydrogen) atoms. The number of hydrogen-bond donors (Lipinski definition) is 4. The van der Waals surface area contributed by atoms with Gasteiger partial charge in [0.15, 0.2) is 11.6 Å². The third-order valence-electron chi connectivity index (χ3n) is 12.6. The number of aliphatic hydroxyl groups is 2. The highest BCUT2D eigenvalue weighted by atomic mass is 35.5. The smallest absolute Gasteiger partial charge is 0.179 e. The third-order valence-corrected chi connectivity index (χ3v) is 13.7. The Balaban J connectivity index is 0.000000199. The summed E-state index contributed by atoms with van der Waals surface area (Å²) in [5, 5.41) is 36.7. The van der Waals surface area contributed by atoms with Crippen LogP contribution in [-0.4, -0.2) is 68.3 Å². The SMILES string of the molecule is C[C@@H]1C[C@H]2[C@@H]3CCC4=CC(=O)C=C[C@]4(C)[C@@]3(Cl)[C@@H](O)C[C@]2(C)[C@@]1(O)C(=O)CCl.Cc1cc(C(C)(C)C)c(O)c(C)c1CC1=NCCN1. The van der Waals surface area contributed by atoms with E-state index >= 15 is 0 Å². The van der Waals surface area contributed by atoms with Crippen molar-refractivity contribution in [1.82, 2.24) is 5.32 Å². The zero-order chi connectivity index (χ0) is 34.9. The van der Waals surface area contributed by atoms with E-state index in [0.717, 1.165) is 54.9 Å². The Kier molecular flexibility index (Phi) is 9.44. The normalized spacial score (nSPS) is 37.5. The van der Waals surface area contributed by atoms with Crippen LogP contribution in [0.1, 0.15) is 89.5 Å². The molecule has 0 spiro atoms. The number of aliphatic hydroxyl groups excluding tert-OH is 1. The molecule has 0 radical (unpaired) electrons. The number of phenolic OH excluding ortho intramolecular Hbond substituents is 1. The lowest BCUT2D eigenvalue weighted by atomic mass is 9.45. The molecule has 8 atom stereocenters. The molecular formula is C38H52Cl2N2O5. The number of aliphatic imine (C=N–C) groups is 1. The maximum absolute atomic E-state index is 12.7. The van der Waals surface area contributed by atoms with Crippen molar-refractivity contribution in [3.05, 3.63) is 52.1 Å². The Morgan fingerprint density at radius 3 is 2.47 bits per heavy atom. The Labute approximate surface area is 289 Å². The van der Waals surface area contributed by atoms with Gasteiger partial charge < -0.3 is 20.6 Å². The van der Waals surface area contributed by atoms with Gasteiger partial charge >= 0.3 is 0 Å². The van der Waals surface area contributed by atoms with Crippen molar-refractivity contribution in [2.45, 2.75) is 109 Å². The minimum absolute atomic E-state index is 0.00929. The summed E-state index contributed by atoms with van der Waals surface area (Å²) in [4.78, 5) is 28.1. The number of ketones is 2. The highest BCUT2D eigenvalue weighted by molar-refractivity contribution is 6.29. The fourth-order valence-electron chi connectivity index (χ4n) is 9.83. The van der Waals surface area contributed by atoms with Gasteiger partial charge in [0, 0.05) is 23.8 Å². The summed E-state index contributed by atoms with van der Waals surface area (Å²) in [6, 6.07) is 2.12. The van der Waals surface area contributed by atoms with Crippen molar-refractivity contribution in [2.75, 3.05) is 19.0 Å². The number of nitrogens with one attached hydrogen (secondary N) is 1. The van der Waals surface area contributed by atoms with E-state index in [2.05, 4.69) is 44.1 Å². The first-order chi connectivity index (χ1) is 21.8. The molecule has 7 nitrogen and oxygen atoms in total. The number of aryl methyl sites for hydroxylation is 1. The van der Waals surface area contributed by atoms with E-state index in [1.165, 1.54) is 11.1 Å². The van der Waals surface area contributed by atoms with Gasteiger partial charge in [-0.1, -0.05) is 59.3 Å². The van der Waals surface area contributed by atoms with E-state index in [9.17, 15) is 24.9 Å². The molecular weight excluding hydrogens is 635 g/mol. The van der Waals surface area contributed by atoms with Crippen molar-refractivity contribution >= 4 is 40.6 Å². The van der Waals surface area contributed by atoms with Gasteiger partial charge in [-0.15, -0.1) is 23.2 Å². The van der Waals surface area contributed by atoms with Crippen molar-refractivity contribution in [3.8, 4) is 5.75 Å². The Hall–Kier alpha value is -2.19. The first-order valence-electron chi connectivity index (χ1n) is 17.0. The number of Topliss-reactive ketones (excluding diaryl/α,β-unsaturated/α-hetero) is 1. The molecule has 0 unspecified atom stereocenters. The summed E-state index contributed by atoms with van der Waals surface area (Å²) in [5.74, 6) is 0.469. The average Bonchev–Trinajstić information content (AvgIpc) is 3.59. The average molecular weight is 688 g/mol. The number of carbonyl (C=O) groups excluding carboxylic acids is 2. The van der Waals surface area contributed by atoms with Crippen LogP contribution in [0, 0.1) is 42.4 Å². The molecule has 3 fully saturated rings. The number of carbonyl (C=O) groups is 2. The lowest BCUT2D eigenvalue weighted by molar-refractivity contribution is -0.175. The minimum atomic E-state index is -1.56. The van der Waals surface area contributed by atoms with Crippen molar-refractivity contribution in [2.24, 2.45) is 33.6 Å². The number of rotatable bonds is 4. The number of benzene rings is 1. The number of phenols is 1.